The van der Waals surface area contributed by atoms with Gasteiger partial charge in [-0.05, 0) is 12.3 Å². The van der Waals surface area contributed by atoms with E-state index in [0.717, 1.165) is 18.9 Å². The highest BCUT2D eigenvalue weighted by Crippen LogP contribution is 2.27. The third-order valence-corrected chi connectivity index (χ3v) is 2.54. The second-order valence-corrected chi connectivity index (χ2v) is 3.36. The van der Waals surface area contributed by atoms with E-state index in [1.165, 1.54) is 0 Å². The highest BCUT2D eigenvalue weighted by Gasteiger charge is 2.25. The van der Waals surface area contributed by atoms with Gasteiger partial charge in [0, 0.05) is 6.54 Å². The van der Waals surface area contributed by atoms with Crippen LogP contribution in [-0.2, 0) is 0 Å². The van der Waals surface area contributed by atoms with Crippen LogP contribution in [0.3, 0.4) is 0 Å². The van der Waals surface area contributed by atoms with Gasteiger partial charge in [0.25, 0.3) is 0 Å². The normalized spacial score (nSPS) is 27.8. The maximum Gasteiger partial charge on any atom is 0.221 e. The van der Waals surface area contributed by atoms with Gasteiger partial charge >= 0.3 is 0 Å². The predicted octanol–water partition coefficient (Wildman–Crippen LogP) is 1.29. The molecule has 4 heteroatoms. The number of hydrogen-bond donors (Lipinski definition) is 1. The van der Waals surface area contributed by atoms with Gasteiger partial charge in [-0.15, -0.1) is 0 Å². The molecule has 1 aliphatic heterocycles. The summed E-state index contributed by atoms with van der Waals surface area (Å²) in [5, 5.41) is 7.45. The van der Waals surface area contributed by atoms with Crippen LogP contribution >= 0.6 is 0 Å². The average molecular weight is 166 g/mol. The van der Waals surface area contributed by atoms with E-state index in [9.17, 15) is 0 Å². The Hall–Kier alpha value is -1.06. The highest BCUT2D eigenvalue weighted by molar-refractivity contribution is 5.26. The summed E-state index contributed by atoms with van der Waals surface area (Å²) in [6.07, 6.45) is 2.74. The number of nitrogens with zero attached hydrogens (tertiary/aromatic N) is 3. The van der Waals surface area contributed by atoms with Crippen LogP contribution in [0.1, 0.15) is 26.3 Å². The Morgan fingerprint density at radius 2 is 2.58 bits per heavy atom. The minimum Gasteiger partial charge on any atom is -0.354 e. The molecule has 1 aromatic heterocycles. The summed E-state index contributed by atoms with van der Waals surface area (Å²) >= 11 is 0. The molecule has 0 aromatic carbocycles. The third kappa shape index (κ3) is 0.983. The lowest BCUT2D eigenvalue weighted by atomic mass is 9.98. The lowest BCUT2D eigenvalue weighted by Gasteiger charge is -2.29. The van der Waals surface area contributed by atoms with E-state index in [4.69, 9.17) is 0 Å². The van der Waals surface area contributed by atoms with Crippen LogP contribution in [0.5, 0.6) is 0 Å². The van der Waals surface area contributed by atoms with E-state index in [2.05, 4.69) is 29.2 Å². The lowest BCUT2D eigenvalue weighted by Crippen LogP contribution is -2.31. The van der Waals surface area contributed by atoms with Crippen molar-refractivity contribution in [1.29, 1.82) is 0 Å². The van der Waals surface area contributed by atoms with Crippen molar-refractivity contribution in [2.75, 3.05) is 11.9 Å². The molecular formula is C8H14N4. The summed E-state index contributed by atoms with van der Waals surface area (Å²) in [5.41, 5.74) is 0. The zero-order valence-corrected chi connectivity index (χ0v) is 7.49. The van der Waals surface area contributed by atoms with Crippen LogP contribution in [0.4, 0.5) is 5.95 Å². The van der Waals surface area contributed by atoms with E-state index in [0.29, 0.717) is 12.0 Å². The third-order valence-electron chi connectivity index (χ3n) is 2.54. The first-order chi connectivity index (χ1) is 5.83. The first-order valence-electron chi connectivity index (χ1n) is 4.46. The molecule has 2 unspecified atom stereocenters. The van der Waals surface area contributed by atoms with E-state index < -0.39 is 0 Å². The van der Waals surface area contributed by atoms with Crippen molar-refractivity contribution in [2.45, 2.75) is 26.3 Å². The number of rotatable bonds is 1. The Bertz CT molecular complexity index is 268. The van der Waals surface area contributed by atoms with Crippen LogP contribution < -0.4 is 5.32 Å². The second kappa shape index (κ2) is 2.77. The fourth-order valence-electron chi connectivity index (χ4n) is 1.82. The lowest BCUT2D eigenvalue weighted by molar-refractivity contribution is 0.312. The van der Waals surface area contributed by atoms with Gasteiger partial charge in [-0.2, -0.15) is 10.1 Å². The molecule has 0 bridgehead atoms. The maximum absolute atomic E-state index is 4.20. The van der Waals surface area contributed by atoms with Gasteiger partial charge in [0.2, 0.25) is 5.95 Å². The Balaban J connectivity index is 2.34. The molecule has 12 heavy (non-hydrogen) atoms. The van der Waals surface area contributed by atoms with Crippen LogP contribution in [0.15, 0.2) is 6.33 Å². The van der Waals surface area contributed by atoms with Gasteiger partial charge in [-0.3, -0.25) is 0 Å². The summed E-state index contributed by atoms with van der Waals surface area (Å²) in [6.45, 7) is 5.45. The molecule has 1 aliphatic rings. The number of aromatic nitrogens is 3. The Morgan fingerprint density at radius 3 is 3.33 bits per heavy atom. The largest absolute Gasteiger partial charge is 0.354 e. The van der Waals surface area contributed by atoms with Gasteiger partial charge < -0.3 is 5.32 Å². The van der Waals surface area contributed by atoms with Crippen LogP contribution in [-0.4, -0.2) is 21.3 Å². The highest BCUT2D eigenvalue weighted by atomic mass is 15.4. The van der Waals surface area contributed by atoms with Gasteiger partial charge in [-0.1, -0.05) is 13.8 Å². The molecule has 0 spiro atoms. The van der Waals surface area contributed by atoms with E-state index in [1.54, 1.807) is 6.33 Å². The van der Waals surface area contributed by atoms with Crippen molar-refractivity contribution in [3.05, 3.63) is 6.33 Å². The first-order valence-corrected chi connectivity index (χ1v) is 4.46. The van der Waals surface area contributed by atoms with Crippen molar-refractivity contribution < 1.29 is 0 Å². The smallest absolute Gasteiger partial charge is 0.221 e. The molecule has 0 saturated heterocycles. The average Bonchev–Trinajstić information content (AvgIpc) is 2.52. The zero-order chi connectivity index (χ0) is 8.55. The first kappa shape index (κ1) is 7.58. The summed E-state index contributed by atoms with van der Waals surface area (Å²) in [5.74, 6) is 1.56. The molecule has 0 amide bonds. The Kier molecular flexibility index (Phi) is 1.75. The van der Waals surface area contributed by atoms with Gasteiger partial charge in [-0.25, -0.2) is 4.68 Å². The summed E-state index contributed by atoms with van der Waals surface area (Å²) in [7, 11) is 0. The van der Waals surface area contributed by atoms with Gasteiger partial charge in [0.05, 0.1) is 6.04 Å². The molecule has 2 rings (SSSR count). The van der Waals surface area contributed by atoms with Crippen molar-refractivity contribution in [2.24, 2.45) is 5.92 Å². The molecular weight excluding hydrogens is 152 g/mol. The fraction of sp³-hybridized carbons (Fsp3) is 0.750. The van der Waals surface area contributed by atoms with E-state index in [1.807, 2.05) is 4.68 Å². The van der Waals surface area contributed by atoms with Crippen molar-refractivity contribution in [3.63, 3.8) is 0 Å². The van der Waals surface area contributed by atoms with Crippen molar-refractivity contribution in [3.8, 4) is 0 Å². The van der Waals surface area contributed by atoms with Crippen molar-refractivity contribution >= 4 is 5.95 Å². The maximum atomic E-state index is 4.20. The second-order valence-electron chi connectivity index (χ2n) is 3.36. The molecule has 4 nitrogen and oxygen atoms in total. The Morgan fingerprint density at radius 1 is 1.75 bits per heavy atom. The van der Waals surface area contributed by atoms with Gasteiger partial charge in [0.1, 0.15) is 6.33 Å². The fourth-order valence-corrected chi connectivity index (χ4v) is 1.82. The quantitative estimate of drug-likeness (QED) is 0.683. The molecule has 0 fully saturated rings. The predicted molar refractivity (Wildman–Crippen MR) is 47.0 cm³/mol. The number of fused-ring (bicyclic) bond motifs is 1. The standard InChI is InChI=1S/C8H14N4/c1-3-7-6(2)4-9-8-10-5-11-12(7)8/h5-7H,3-4H2,1-2H3,(H,9,10,11). The monoisotopic (exact) mass is 166 g/mol. The molecule has 2 atom stereocenters. The number of nitrogens with one attached hydrogen (secondary N) is 1. The number of hydrogen-bond acceptors (Lipinski definition) is 3. The topological polar surface area (TPSA) is 42.7 Å². The summed E-state index contributed by atoms with van der Waals surface area (Å²) in [6, 6.07) is 0.517. The van der Waals surface area contributed by atoms with E-state index >= 15 is 0 Å². The van der Waals surface area contributed by atoms with Gasteiger partial charge in [0.15, 0.2) is 0 Å². The summed E-state index contributed by atoms with van der Waals surface area (Å²) in [4.78, 5) is 4.13. The SMILES string of the molecule is CCC1C(C)CNc2ncnn21. The molecule has 2 heterocycles. The number of anilines is 1. The summed E-state index contributed by atoms with van der Waals surface area (Å²) < 4.78 is 1.99. The molecule has 0 radical (unpaired) electrons. The molecule has 1 aromatic rings. The Labute approximate surface area is 72.0 Å². The molecule has 1 N–H and O–H groups in total. The zero-order valence-electron chi connectivity index (χ0n) is 7.49. The van der Waals surface area contributed by atoms with Crippen LogP contribution in [0.25, 0.3) is 0 Å². The molecule has 0 aliphatic carbocycles. The van der Waals surface area contributed by atoms with Crippen LogP contribution in [0.2, 0.25) is 0 Å². The van der Waals surface area contributed by atoms with E-state index in [-0.39, 0.29) is 0 Å². The minimum absolute atomic E-state index is 0.517. The molecule has 0 saturated carbocycles. The minimum atomic E-state index is 0.517. The van der Waals surface area contributed by atoms with Crippen LogP contribution in [0, 0.1) is 5.92 Å². The van der Waals surface area contributed by atoms with Crippen molar-refractivity contribution in [1.82, 2.24) is 14.8 Å². The molecule has 66 valence electrons.